The smallest absolute Gasteiger partial charge is 0.261 e. The normalized spacial score (nSPS) is 22.8. The fourth-order valence-electron chi connectivity index (χ4n) is 4.26. The molecule has 1 spiro atoms. The SMILES string of the molecule is CCCCN1C=C(C(=O)N2C[C@@H](COCc3cccc(Br)n3)C3(CNC3)C2)SC1. The second kappa shape index (κ2) is 9.37. The molecule has 0 bridgehead atoms. The number of unbranched alkanes of at least 4 members (excludes halogenated alkanes) is 1. The summed E-state index contributed by atoms with van der Waals surface area (Å²) in [6.07, 6.45) is 4.41. The number of rotatable bonds is 8. The number of nitrogens with zero attached hydrogens (tertiary/aromatic N) is 3. The molecule has 4 rings (SSSR count). The maximum Gasteiger partial charge on any atom is 0.261 e. The summed E-state index contributed by atoms with van der Waals surface area (Å²) in [6.45, 7) is 7.94. The molecule has 0 radical (unpaired) electrons. The molecule has 1 aromatic heterocycles. The van der Waals surface area contributed by atoms with Gasteiger partial charge in [-0.3, -0.25) is 4.79 Å². The maximum absolute atomic E-state index is 13.1. The summed E-state index contributed by atoms with van der Waals surface area (Å²) < 4.78 is 6.85. The zero-order valence-corrected chi connectivity index (χ0v) is 19.3. The summed E-state index contributed by atoms with van der Waals surface area (Å²) in [5, 5.41) is 3.41. The first kappa shape index (κ1) is 21.2. The van der Waals surface area contributed by atoms with Crippen molar-refractivity contribution < 1.29 is 9.53 Å². The predicted octanol–water partition coefficient (Wildman–Crippen LogP) is 3.06. The first-order valence-electron chi connectivity index (χ1n) is 10.4. The van der Waals surface area contributed by atoms with Crippen LogP contribution in [0.25, 0.3) is 0 Å². The van der Waals surface area contributed by atoms with E-state index in [0.29, 0.717) is 19.1 Å². The van der Waals surface area contributed by atoms with Crippen molar-refractivity contribution in [3.05, 3.63) is 39.6 Å². The van der Waals surface area contributed by atoms with Gasteiger partial charge in [0.05, 0.1) is 29.7 Å². The van der Waals surface area contributed by atoms with Crippen molar-refractivity contribution in [2.24, 2.45) is 11.3 Å². The van der Waals surface area contributed by atoms with E-state index in [4.69, 9.17) is 4.74 Å². The minimum Gasteiger partial charge on any atom is -0.375 e. The third-order valence-corrected chi connectivity index (χ3v) is 7.58. The van der Waals surface area contributed by atoms with Crippen LogP contribution in [0.1, 0.15) is 25.5 Å². The largest absolute Gasteiger partial charge is 0.375 e. The van der Waals surface area contributed by atoms with Crippen molar-refractivity contribution in [3.8, 4) is 0 Å². The van der Waals surface area contributed by atoms with Crippen molar-refractivity contribution in [1.82, 2.24) is 20.1 Å². The Labute approximate surface area is 185 Å². The summed E-state index contributed by atoms with van der Waals surface area (Å²) in [4.78, 5) is 22.7. The lowest BCUT2D eigenvalue weighted by Gasteiger charge is -2.43. The van der Waals surface area contributed by atoms with Gasteiger partial charge in [-0.05, 0) is 34.5 Å². The van der Waals surface area contributed by atoms with Gasteiger partial charge in [-0.15, -0.1) is 0 Å². The number of hydrogen-bond donors (Lipinski definition) is 1. The topological polar surface area (TPSA) is 57.7 Å². The zero-order chi connectivity index (χ0) is 20.3. The van der Waals surface area contributed by atoms with E-state index in [2.05, 4.69) is 44.3 Å². The van der Waals surface area contributed by atoms with Gasteiger partial charge in [0.1, 0.15) is 4.60 Å². The molecule has 1 aromatic rings. The molecule has 6 nitrogen and oxygen atoms in total. The molecule has 0 aliphatic carbocycles. The van der Waals surface area contributed by atoms with Gasteiger partial charge >= 0.3 is 0 Å². The number of thioether (sulfide) groups is 1. The molecule has 2 saturated heterocycles. The Hall–Kier alpha value is -1.09. The minimum absolute atomic E-state index is 0.159. The fourth-order valence-corrected chi connectivity index (χ4v) is 5.62. The Morgan fingerprint density at radius 1 is 1.45 bits per heavy atom. The lowest BCUT2D eigenvalue weighted by Crippen LogP contribution is -2.58. The third-order valence-electron chi connectivity index (χ3n) is 6.09. The second-order valence-electron chi connectivity index (χ2n) is 8.25. The van der Waals surface area contributed by atoms with E-state index in [9.17, 15) is 4.79 Å². The molecular formula is C21H29BrN4O2S. The molecular weight excluding hydrogens is 452 g/mol. The fraction of sp³-hybridized carbons (Fsp3) is 0.619. The van der Waals surface area contributed by atoms with Gasteiger partial charge in [0.15, 0.2) is 0 Å². The molecule has 3 aliphatic heterocycles. The highest BCUT2D eigenvalue weighted by atomic mass is 79.9. The number of ether oxygens (including phenoxy) is 1. The standard InChI is InChI=1S/C21H29BrN4O2S/c1-2-3-7-25-9-18(29-15-25)20(27)26-8-16(21(14-26)12-23-13-21)10-28-11-17-5-4-6-19(22)24-17/h4-6,9,16,23H,2-3,7-8,10-15H2,1H3/t16-/m0/s1. The first-order chi connectivity index (χ1) is 14.1. The lowest BCUT2D eigenvalue weighted by molar-refractivity contribution is -0.126. The molecule has 1 N–H and O–H groups in total. The Balaban J connectivity index is 1.33. The highest BCUT2D eigenvalue weighted by Gasteiger charge is 2.52. The van der Waals surface area contributed by atoms with Gasteiger partial charge in [-0.25, -0.2) is 4.98 Å². The quantitative estimate of drug-likeness (QED) is 0.577. The van der Waals surface area contributed by atoms with Crippen LogP contribution >= 0.6 is 27.7 Å². The molecule has 0 saturated carbocycles. The zero-order valence-electron chi connectivity index (χ0n) is 16.9. The van der Waals surface area contributed by atoms with Crippen molar-refractivity contribution in [3.63, 3.8) is 0 Å². The number of carbonyl (C=O) groups excluding carboxylic acids is 1. The van der Waals surface area contributed by atoms with Crippen molar-refractivity contribution in [2.45, 2.75) is 26.4 Å². The van der Waals surface area contributed by atoms with Crippen LogP contribution in [-0.4, -0.2) is 65.9 Å². The van der Waals surface area contributed by atoms with Crippen molar-refractivity contribution in [1.29, 1.82) is 0 Å². The Bertz CT molecular complexity index is 771. The number of halogens is 1. The van der Waals surface area contributed by atoms with E-state index >= 15 is 0 Å². The van der Waals surface area contributed by atoms with E-state index in [1.54, 1.807) is 11.8 Å². The molecule has 0 aromatic carbocycles. The van der Waals surface area contributed by atoms with Crippen LogP contribution in [0.3, 0.4) is 0 Å². The van der Waals surface area contributed by atoms with Crippen LogP contribution in [-0.2, 0) is 16.1 Å². The van der Waals surface area contributed by atoms with Crippen molar-refractivity contribution in [2.75, 3.05) is 45.2 Å². The first-order valence-corrected chi connectivity index (χ1v) is 12.2. The van der Waals surface area contributed by atoms with Crippen molar-refractivity contribution >= 4 is 33.6 Å². The molecule has 3 aliphatic rings. The number of pyridine rings is 1. The Morgan fingerprint density at radius 3 is 3.03 bits per heavy atom. The number of aromatic nitrogens is 1. The van der Waals surface area contributed by atoms with Crippen LogP contribution in [0.15, 0.2) is 33.9 Å². The average Bonchev–Trinajstić information content (AvgIpc) is 3.31. The summed E-state index contributed by atoms with van der Waals surface area (Å²) in [5.41, 5.74) is 1.08. The molecule has 1 atom stereocenters. The van der Waals surface area contributed by atoms with Gasteiger partial charge in [0.25, 0.3) is 5.91 Å². The Kier molecular flexibility index (Phi) is 6.83. The van der Waals surface area contributed by atoms with Gasteiger partial charge in [0, 0.05) is 50.3 Å². The van der Waals surface area contributed by atoms with E-state index in [1.807, 2.05) is 23.1 Å². The number of amides is 1. The van der Waals surface area contributed by atoms with Crippen LogP contribution < -0.4 is 5.32 Å². The van der Waals surface area contributed by atoms with Gasteiger partial charge in [-0.2, -0.15) is 0 Å². The number of likely N-dealkylation sites (tertiary alicyclic amines) is 1. The van der Waals surface area contributed by atoms with E-state index in [1.165, 1.54) is 12.8 Å². The summed E-state index contributed by atoms with van der Waals surface area (Å²) in [7, 11) is 0. The molecule has 4 heterocycles. The van der Waals surface area contributed by atoms with Crippen LogP contribution in [0, 0.1) is 11.3 Å². The molecule has 158 valence electrons. The highest BCUT2D eigenvalue weighted by Crippen LogP contribution is 2.41. The molecule has 8 heteroatoms. The summed E-state index contributed by atoms with van der Waals surface area (Å²) in [6, 6.07) is 5.86. The van der Waals surface area contributed by atoms with E-state index < -0.39 is 0 Å². The Morgan fingerprint density at radius 2 is 2.31 bits per heavy atom. The molecule has 2 fully saturated rings. The molecule has 1 amide bonds. The lowest BCUT2D eigenvalue weighted by atomic mass is 9.73. The van der Waals surface area contributed by atoms with Gasteiger partial charge in [-0.1, -0.05) is 31.2 Å². The highest BCUT2D eigenvalue weighted by molar-refractivity contribution is 9.10. The number of nitrogens with one attached hydrogen (secondary N) is 1. The van der Waals surface area contributed by atoms with Gasteiger partial charge < -0.3 is 19.9 Å². The second-order valence-corrected chi connectivity index (χ2v) is 10.0. The molecule has 29 heavy (non-hydrogen) atoms. The third kappa shape index (κ3) is 4.81. The minimum atomic E-state index is 0.159. The van der Waals surface area contributed by atoms with E-state index in [-0.39, 0.29) is 11.3 Å². The molecule has 0 unspecified atom stereocenters. The van der Waals surface area contributed by atoms with Crippen LogP contribution in [0.2, 0.25) is 0 Å². The average molecular weight is 481 g/mol. The van der Waals surface area contributed by atoms with E-state index in [0.717, 1.165) is 53.8 Å². The monoisotopic (exact) mass is 480 g/mol. The number of hydrogen-bond acceptors (Lipinski definition) is 6. The maximum atomic E-state index is 13.1. The van der Waals surface area contributed by atoms with Crippen LogP contribution in [0.5, 0.6) is 0 Å². The predicted molar refractivity (Wildman–Crippen MR) is 119 cm³/mol. The van der Waals surface area contributed by atoms with Gasteiger partial charge in [0.2, 0.25) is 0 Å². The summed E-state index contributed by atoms with van der Waals surface area (Å²) in [5.74, 6) is 1.45. The summed E-state index contributed by atoms with van der Waals surface area (Å²) >= 11 is 5.08. The number of carbonyl (C=O) groups is 1. The van der Waals surface area contributed by atoms with Crippen LogP contribution in [0.4, 0.5) is 0 Å².